The van der Waals surface area contributed by atoms with Crippen molar-refractivity contribution in [2.24, 2.45) is 14.1 Å². The van der Waals surface area contributed by atoms with Crippen LogP contribution in [0.1, 0.15) is 23.2 Å². The van der Waals surface area contributed by atoms with E-state index in [-0.39, 0.29) is 39.2 Å². The maximum atomic E-state index is 13.0. The van der Waals surface area contributed by atoms with E-state index in [1.165, 1.54) is 44.6 Å². The zero-order valence-corrected chi connectivity index (χ0v) is 17.6. The Bertz CT molecular complexity index is 1260. The number of alkyl halides is 3. The number of carbonyl (C=O) groups excluding carboxylic acids is 1. The average molecular weight is 444 g/mol. The van der Waals surface area contributed by atoms with Crippen molar-refractivity contribution in [1.29, 1.82) is 0 Å². The molecule has 0 spiro atoms. The SMILES string of the molecule is CCS(=O)(=O)c1c(-c2nc3cc(C(F)(F)F)ncc3n2C)nc(C(=O)N(C)C)n1C. The van der Waals surface area contributed by atoms with Gasteiger partial charge < -0.3 is 14.0 Å². The van der Waals surface area contributed by atoms with Crippen molar-refractivity contribution < 1.29 is 26.4 Å². The molecule has 0 aliphatic heterocycles. The quantitative estimate of drug-likeness (QED) is 0.609. The zero-order valence-electron chi connectivity index (χ0n) is 16.8. The van der Waals surface area contributed by atoms with Crippen LogP contribution in [0.4, 0.5) is 13.2 Å². The average Bonchev–Trinajstić information content (AvgIpc) is 3.17. The predicted molar refractivity (Wildman–Crippen MR) is 101 cm³/mol. The highest BCUT2D eigenvalue weighted by atomic mass is 32.2. The lowest BCUT2D eigenvalue weighted by atomic mass is 10.3. The molecule has 30 heavy (non-hydrogen) atoms. The summed E-state index contributed by atoms with van der Waals surface area (Å²) in [6.45, 7) is 1.44. The molecule has 0 atom stereocenters. The molecule has 0 fully saturated rings. The summed E-state index contributed by atoms with van der Waals surface area (Å²) in [6, 6.07) is 0.779. The number of aromatic nitrogens is 5. The van der Waals surface area contributed by atoms with Gasteiger partial charge in [-0.2, -0.15) is 13.2 Å². The first-order valence-corrected chi connectivity index (χ1v) is 10.4. The summed E-state index contributed by atoms with van der Waals surface area (Å²) in [5.41, 5.74) is -1.01. The first-order chi connectivity index (χ1) is 13.8. The number of fused-ring (bicyclic) bond motifs is 1. The molecule has 0 N–H and O–H groups in total. The van der Waals surface area contributed by atoms with Gasteiger partial charge in [-0.15, -0.1) is 0 Å². The van der Waals surface area contributed by atoms with Crippen LogP contribution in [-0.4, -0.2) is 63.2 Å². The molecule has 0 radical (unpaired) electrons. The molecule has 0 aliphatic rings. The van der Waals surface area contributed by atoms with Crippen LogP contribution in [0.3, 0.4) is 0 Å². The van der Waals surface area contributed by atoms with Gasteiger partial charge in [-0.3, -0.25) is 4.79 Å². The standard InChI is InChI=1S/C17H19F3N6O3S/c1-6-30(28,29)16-12(23-14(26(16)5)15(27)24(2)3)13-22-9-7-11(17(18,19)20)21-8-10(9)25(13)4/h7-8H,6H2,1-5H3. The summed E-state index contributed by atoms with van der Waals surface area (Å²) >= 11 is 0. The number of sulfone groups is 1. The fourth-order valence-corrected chi connectivity index (χ4v) is 4.18. The number of imidazole rings is 2. The molecule has 3 heterocycles. The number of rotatable bonds is 4. The Kier molecular flexibility index (Phi) is 5.13. The lowest BCUT2D eigenvalue weighted by Crippen LogP contribution is -2.25. The number of aryl methyl sites for hydroxylation is 1. The summed E-state index contributed by atoms with van der Waals surface area (Å²) in [5, 5.41) is -0.238. The number of hydrogen-bond acceptors (Lipinski definition) is 6. The Morgan fingerprint density at radius 3 is 2.33 bits per heavy atom. The summed E-state index contributed by atoms with van der Waals surface area (Å²) < 4.78 is 67.1. The first-order valence-electron chi connectivity index (χ1n) is 8.70. The van der Waals surface area contributed by atoms with Gasteiger partial charge in [0.1, 0.15) is 11.4 Å². The monoisotopic (exact) mass is 444 g/mol. The van der Waals surface area contributed by atoms with Crippen molar-refractivity contribution in [1.82, 2.24) is 29.0 Å². The Hall–Kier alpha value is -2.96. The normalized spacial score (nSPS) is 12.5. The zero-order chi connectivity index (χ0) is 22.6. The molecule has 0 bridgehead atoms. The van der Waals surface area contributed by atoms with Gasteiger partial charge in [0.2, 0.25) is 5.82 Å². The highest BCUT2D eigenvalue weighted by molar-refractivity contribution is 7.91. The fraction of sp³-hybridized carbons (Fsp3) is 0.412. The van der Waals surface area contributed by atoms with E-state index >= 15 is 0 Å². The van der Waals surface area contributed by atoms with Crippen LogP contribution >= 0.6 is 0 Å². The minimum atomic E-state index is -4.65. The lowest BCUT2D eigenvalue weighted by Gasteiger charge is -2.10. The van der Waals surface area contributed by atoms with E-state index in [0.717, 1.165) is 16.8 Å². The van der Waals surface area contributed by atoms with Gasteiger partial charge >= 0.3 is 6.18 Å². The van der Waals surface area contributed by atoms with E-state index in [1.807, 2.05) is 0 Å². The molecule has 0 aromatic carbocycles. The van der Waals surface area contributed by atoms with Gasteiger partial charge in [0.25, 0.3) is 5.91 Å². The van der Waals surface area contributed by atoms with Crippen molar-refractivity contribution in [3.8, 4) is 11.5 Å². The summed E-state index contributed by atoms with van der Waals surface area (Å²) in [4.78, 5) is 25.5. The number of halogens is 3. The number of carbonyl (C=O) groups is 1. The molecule has 9 nitrogen and oxygen atoms in total. The predicted octanol–water partition coefficient (Wildman–Crippen LogP) is 1.88. The first kappa shape index (κ1) is 21.7. The van der Waals surface area contributed by atoms with Crippen LogP contribution in [0.5, 0.6) is 0 Å². The van der Waals surface area contributed by atoms with E-state index in [4.69, 9.17) is 0 Å². The van der Waals surface area contributed by atoms with E-state index < -0.39 is 27.6 Å². The molecule has 1 amide bonds. The van der Waals surface area contributed by atoms with Crippen molar-refractivity contribution >= 4 is 26.8 Å². The molecule has 3 aromatic rings. The van der Waals surface area contributed by atoms with E-state index in [1.54, 1.807) is 0 Å². The van der Waals surface area contributed by atoms with Crippen molar-refractivity contribution in [2.75, 3.05) is 19.8 Å². The summed E-state index contributed by atoms with van der Waals surface area (Å²) in [5.74, 6) is -0.926. The third-order valence-electron chi connectivity index (χ3n) is 4.58. The molecule has 3 aromatic heterocycles. The lowest BCUT2D eigenvalue weighted by molar-refractivity contribution is -0.141. The van der Waals surface area contributed by atoms with E-state index in [9.17, 15) is 26.4 Å². The van der Waals surface area contributed by atoms with Crippen molar-refractivity contribution in [2.45, 2.75) is 18.1 Å². The number of hydrogen-bond donors (Lipinski definition) is 0. The Morgan fingerprint density at radius 1 is 1.17 bits per heavy atom. The van der Waals surface area contributed by atoms with E-state index in [0.29, 0.717) is 0 Å². The second-order valence-electron chi connectivity index (χ2n) is 6.80. The number of nitrogens with zero attached hydrogens (tertiary/aromatic N) is 6. The van der Waals surface area contributed by atoms with E-state index in [2.05, 4.69) is 15.0 Å². The molecule has 3 rings (SSSR count). The van der Waals surface area contributed by atoms with Gasteiger partial charge in [-0.25, -0.2) is 23.4 Å². The van der Waals surface area contributed by atoms with Crippen LogP contribution in [0.15, 0.2) is 17.3 Å². The largest absolute Gasteiger partial charge is 0.433 e. The molecule has 0 unspecified atom stereocenters. The van der Waals surface area contributed by atoms with Gasteiger partial charge in [0.15, 0.2) is 20.7 Å². The van der Waals surface area contributed by atoms with Crippen LogP contribution < -0.4 is 0 Å². The van der Waals surface area contributed by atoms with Crippen molar-refractivity contribution in [3.05, 3.63) is 23.8 Å². The van der Waals surface area contributed by atoms with Crippen LogP contribution in [0.25, 0.3) is 22.6 Å². The molecular weight excluding hydrogens is 425 g/mol. The van der Waals surface area contributed by atoms with Gasteiger partial charge in [0, 0.05) is 28.2 Å². The molecule has 0 aliphatic carbocycles. The summed E-state index contributed by atoms with van der Waals surface area (Å²) in [7, 11) is 2.02. The fourth-order valence-electron chi connectivity index (χ4n) is 2.97. The number of pyridine rings is 1. The molecule has 0 saturated heterocycles. The Balaban J connectivity index is 2.34. The Morgan fingerprint density at radius 2 is 1.80 bits per heavy atom. The van der Waals surface area contributed by atoms with Crippen LogP contribution in [-0.2, 0) is 30.1 Å². The Labute approximate surface area is 170 Å². The minimum absolute atomic E-state index is 0.00607. The van der Waals surface area contributed by atoms with Crippen LogP contribution in [0, 0.1) is 0 Å². The van der Waals surface area contributed by atoms with Gasteiger partial charge in [-0.1, -0.05) is 6.92 Å². The maximum Gasteiger partial charge on any atom is 0.433 e. The van der Waals surface area contributed by atoms with Crippen molar-refractivity contribution in [3.63, 3.8) is 0 Å². The maximum absolute atomic E-state index is 13.0. The van der Waals surface area contributed by atoms with Crippen LogP contribution in [0.2, 0.25) is 0 Å². The third-order valence-corrected chi connectivity index (χ3v) is 6.40. The molecule has 162 valence electrons. The molecule has 13 heteroatoms. The second-order valence-corrected chi connectivity index (χ2v) is 9.00. The third kappa shape index (κ3) is 3.42. The second kappa shape index (κ2) is 7.07. The number of amides is 1. The smallest absolute Gasteiger partial charge is 0.342 e. The highest BCUT2D eigenvalue weighted by Crippen LogP contribution is 2.33. The minimum Gasteiger partial charge on any atom is -0.342 e. The topological polar surface area (TPSA) is 103 Å². The highest BCUT2D eigenvalue weighted by Gasteiger charge is 2.34. The molecule has 0 saturated carbocycles. The van der Waals surface area contributed by atoms with Gasteiger partial charge in [0.05, 0.1) is 23.0 Å². The summed E-state index contributed by atoms with van der Waals surface area (Å²) in [6.07, 6.45) is -3.64. The molecular formula is C17H19F3N6O3S. The van der Waals surface area contributed by atoms with Gasteiger partial charge in [-0.05, 0) is 6.07 Å².